The highest BCUT2D eigenvalue weighted by molar-refractivity contribution is 7.99. The van der Waals surface area contributed by atoms with Crippen molar-refractivity contribution >= 4 is 23.7 Å². The first kappa shape index (κ1) is 23.9. The van der Waals surface area contributed by atoms with Gasteiger partial charge in [0.05, 0.1) is 0 Å². The van der Waals surface area contributed by atoms with E-state index in [1.165, 1.54) is 61.8 Å². The van der Waals surface area contributed by atoms with E-state index in [9.17, 15) is 0 Å². The van der Waals surface area contributed by atoms with Crippen molar-refractivity contribution in [2.45, 2.75) is 24.3 Å². The summed E-state index contributed by atoms with van der Waals surface area (Å²) in [6, 6.07) is 21.6. The molecule has 1 fully saturated rings. The topological polar surface area (TPSA) is 81.1 Å². The van der Waals surface area contributed by atoms with Crippen molar-refractivity contribution < 1.29 is 19.8 Å². The van der Waals surface area contributed by atoms with Crippen LogP contribution in [0.4, 0.5) is 0 Å². The molecular formula is C23H30N2O4S. The third-order valence-corrected chi connectivity index (χ3v) is 5.88. The van der Waals surface area contributed by atoms with E-state index in [2.05, 4.69) is 70.5 Å². The van der Waals surface area contributed by atoms with Gasteiger partial charge in [-0.25, -0.2) is 9.59 Å². The second kappa shape index (κ2) is 13.8. The molecule has 0 aliphatic carbocycles. The van der Waals surface area contributed by atoms with E-state index in [1.54, 1.807) is 0 Å². The highest BCUT2D eigenvalue weighted by Crippen LogP contribution is 2.18. The lowest BCUT2D eigenvalue weighted by Crippen LogP contribution is -2.46. The third-order valence-electron chi connectivity index (χ3n) is 4.78. The van der Waals surface area contributed by atoms with Crippen LogP contribution in [0.3, 0.4) is 0 Å². The summed E-state index contributed by atoms with van der Waals surface area (Å²) in [6.45, 7) is 7.20. The molecule has 162 valence electrons. The van der Waals surface area contributed by atoms with Crippen molar-refractivity contribution in [1.29, 1.82) is 0 Å². The number of benzene rings is 2. The number of aliphatic carboxylic acids is 2. The van der Waals surface area contributed by atoms with Crippen LogP contribution in [0.5, 0.6) is 0 Å². The predicted molar refractivity (Wildman–Crippen MR) is 120 cm³/mol. The predicted octanol–water partition coefficient (Wildman–Crippen LogP) is 3.53. The zero-order valence-corrected chi connectivity index (χ0v) is 18.0. The maximum absolute atomic E-state index is 9.10. The first-order valence-corrected chi connectivity index (χ1v) is 11.2. The van der Waals surface area contributed by atoms with Crippen molar-refractivity contribution in [2.24, 2.45) is 0 Å². The van der Waals surface area contributed by atoms with E-state index in [4.69, 9.17) is 19.8 Å². The van der Waals surface area contributed by atoms with Crippen LogP contribution in [0.15, 0.2) is 65.6 Å². The highest BCUT2D eigenvalue weighted by Gasteiger charge is 2.16. The molecule has 0 saturated carbocycles. The maximum atomic E-state index is 9.10. The molecule has 1 aliphatic rings. The number of nitrogens with zero attached hydrogens (tertiary/aromatic N) is 2. The van der Waals surface area contributed by atoms with Crippen molar-refractivity contribution in [1.82, 2.24) is 9.80 Å². The number of carboxylic acids is 2. The van der Waals surface area contributed by atoms with Gasteiger partial charge in [0.2, 0.25) is 0 Å². The van der Waals surface area contributed by atoms with Gasteiger partial charge >= 0.3 is 11.9 Å². The Balaban J connectivity index is 0.000000469. The minimum atomic E-state index is -1.82. The van der Waals surface area contributed by atoms with Gasteiger partial charge in [0, 0.05) is 37.6 Å². The van der Waals surface area contributed by atoms with Crippen LogP contribution in [0.25, 0.3) is 0 Å². The van der Waals surface area contributed by atoms with Gasteiger partial charge in [-0.1, -0.05) is 48.5 Å². The Bertz CT molecular complexity index is 738. The van der Waals surface area contributed by atoms with Gasteiger partial charge in [-0.3, -0.25) is 4.90 Å². The molecule has 2 aromatic rings. The molecule has 1 aliphatic heterocycles. The van der Waals surface area contributed by atoms with Gasteiger partial charge in [-0.15, -0.1) is 11.8 Å². The van der Waals surface area contributed by atoms with Crippen molar-refractivity contribution in [3.05, 3.63) is 66.2 Å². The van der Waals surface area contributed by atoms with Gasteiger partial charge in [0.1, 0.15) is 0 Å². The number of hydrogen-bond acceptors (Lipinski definition) is 5. The molecule has 30 heavy (non-hydrogen) atoms. The molecule has 0 bridgehead atoms. The summed E-state index contributed by atoms with van der Waals surface area (Å²) >= 11 is 1.98. The van der Waals surface area contributed by atoms with E-state index >= 15 is 0 Å². The first-order valence-electron chi connectivity index (χ1n) is 10.2. The van der Waals surface area contributed by atoms with Gasteiger partial charge in [-0.05, 0) is 42.8 Å². The fourth-order valence-corrected chi connectivity index (χ4v) is 4.09. The molecule has 0 atom stereocenters. The minimum absolute atomic E-state index is 1.10. The Morgan fingerprint density at radius 3 is 1.87 bits per heavy atom. The lowest BCUT2D eigenvalue weighted by molar-refractivity contribution is -0.159. The SMILES string of the molecule is O=C(O)C(=O)O.c1ccc(CN2CCN(CCCCSc3ccccc3)CC2)cc1. The summed E-state index contributed by atoms with van der Waals surface area (Å²) in [7, 11) is 0. The minimum Gasteiger partial charge on any atom is -0.473 e. The van der Waals surface area contributed by atoms with Gasteiger partial charge in [0.25, 0.3) is 0 Å². The van der Waals surface area contributed by atoms with Crippen molar-refractivity contribution in [3.8, 4) is 0 Å². The summed E-state index contributed by atoms with van der Waals surface area (Å²) < 4.78 is 0. The maximum Gasteiger partial charge on any atom is 0.414 e. The molecule has 2 aromatic carbocycles. The van der Waals surface area contributed by atoms with Gasteiger partial charge < -0.3 is 15.1 Å². The van der Waals surface area contributed by atoms with Gasteiger partial charge in [0.15, 0.2) is 0 Å². The number of hydrogen-bond donors (Lipinski definition) is 2. The molecule has 0 amide bonds. The first-order chi connectivity index (χ1) is 14.5. The van der Waals surface area contributed by atoms with E-state index in [1.807, 2.05) is 11.8 Å². The third kappa shape index (κ3) is 9.91. The second-order valence-corrected chi connectivity index (χ2v) is 8.25. The highest BCUT2D eigenvalue weighted by atomic mass is 32.2. The van der Waals surface area contributed by atoms with Crippen molar-refractivity contribution in [3.63, 3.8) is 0 Å². The number of thioether (sulfide) groups is 1. The average molecular weight is 431 g/mol. The standard InChI is InChI=1S/C21H28N2S.C2H2O4/c1-3-9-20(10-4-1)19-23-16-14-22(15-17-23)13-7-8-18-24-21-11-5-2-6-12-21;3-1(4)2(5)6/h1-6,9-12H,7-8,13-19H2;(H,3,4)(H,5,6). The molecule has 0 unspecified atom stereocenters. The van der Waals surface area contributed by atoms with Crippen LogP contribution in [-0.2, 0) is 16.1 Å². The Morgan fingerprint density at radius 1 is 0.767 bits per heavy atom. The summed E-state index contributed by atoms with van der Waals surface area (Å²) in [5, 5.41) is 14.8. The van der Waals surface area contributed by atoms with Crippen LogP contribution >= 0.6 is 11.8 Å². The molecule has 2 N–H and O–H groups in total. The van der Waals surface area contributed by atoms with E-state index in [0.717, 1.165) is 6.54 Å². The zero-order chi connectivity index (χ0) is 21.6. The average Bonchev–Trinajstić information content (AvgIpc) is 2.76. The largest absolute Gasteiger partial charge is 0.473 e. The fraction of sp³-hybridized carbons (Fsp3) is 0.391. The molecule has 3 rings (SSSR count). The van der Waals surface area contributed by atoms with Crippen LogP contribution in [0.2, 0.25) is 0 Å². The van der Waals surface area contributed by atoms with Crippen LogP contribution in [0, 0.1) is 0 Å². The molecule has 7 heteroatoms. The lowest BCUT2D eigenvalue weighted by atomic mass is 10.2. The summed E-state index contributed by atoms with van der Waals surface area (Å²) in [5.41, 5.74) is 1.43. The summed E-state index contributed by atoms with van der Waals surface area (Å²) in [6.07, 6.45) is 2.63. The Labute approximate surface area is 182 Å². The molecular weight excluding hydrogens is 400 g/mol. The summed E-state index contributed by atoms with van der Waals surface area (Å²) in [5.74, 6) is -2.41. The number of piperazine rings is 1. The van der Waals surface area contributed by atoms with Gasteiger partial charge in [-0.2, -0.15) is 0 Å². The number of carboxylic acid groups (broad SMARTS) is 2. The second-order valence-electron chi connectivity index (χ2n) is 7.08. The quantitative estimate of drug-likeness (QED) is 0.377. The zero-order valence-electron chi connectivity index (χ0n) is 17.2. The monoisotopic (exact) mass is 430 g/mol. The number of carbonyl (C=O) groups is 2. The fourth-order valence-electron chi connectivity index (χ4n) is 3.16. The number of rotatable bonds is 8. The lowest BCUT2D eigenvalue weighted by Gasteiger charge is -2.34. The molecule has 0 aromatic heterocycles. The molecule has 0 spiro atoms. The normalized spacial score (nSPS) is 14.5. The van der Waals surface area contributed by atoms with E-state index in [0.29, 0.717) is 0 Å². The Morgan fingerprint density at radius 2 is 1.30 bits per heavy atom. The molecule has 6 nitrogen and oxygen atoms in total. The van der Waals surface area contributed by atoms with Crippen LogP contribution in [0.1, 0.15) is 18.4 Å². The van der Waals surface area contributed by atoms with E-state index in [-0.39, 0.29) is 0 Å². The smallest absolute Gasteiger partial charge is 0.414 e. The van der Waals surface area contributed by atoms with Crippen molar-refractivity contribution in [2.75, 3.05) is 38.5 Å². The molecule has 1 heterocycles. The van der Waals surface area contributed by atoms with Crippen LogP contribution < -0.4 is 0 Å². The van der Waals surface area contributed by atoms with E-state index < -0.39 is 11.9 Å². The molecule has 1 saturated heterocycles. The Hall–Kier alpha value is -2.35. The number of unbranched alkanes of at least 4 members (excludes halogenated alkanes) is 1. The van der Waals surface area contributed by atoms with Crippen LogP contribution in [-0.4, -0.2) is 70.4 Å². The molecule has 0 radical (unpaired) electrons. The Kier molecular flexibility index (Phi) is 11.0. The summed E-state index contributed by atoms with van der Waals surface area (Å²) in [4.78, 5) is 24.8.